The van der Waals surface area contributed by atoms with Crippen molar-refractivity contribution in [3.63, 3.8) is 0 Å². The summed E-state index contributed by atoms with van der Waals surface area (Å²) in [5, 5.41) is 3.77. The fraction of sp³-hybridized carbons (Fsp3) is 0.571. The van der Waals surface area contributed by atoms with Crippen molar-refractivity contribution in [1.29, 1.82) is 0 Å². The lowest BCUT2D eigenvalue weighted by Crippen LogP contribution is -2.14. The summed E-state index contributed by atoms with van der Waals surface area (Å²) < 4.78 is 28.4. The van der Waals surface area contributed by atoms with E-state index < -0.39 is 0 Å². The van der Waals surface area contributed by atoms with Crippen LogP contribution in [0.2, 0.25) is 0 Å². The van der Waals surface area contributed by atoms with Crippen LogP contribution in [0.3, 0.4) is 0 Å². The molecule has 0 fully saturated rings. The number of unbranched alkanes of at least 4 members (excludes halogenated alkanes) is 4. The standard InChI is InChI=1S/C56H76Br4O4S4/c1-53(2,3)37-29-41-49(61-25-17-13-21-57)42(30-37)66-44-32-39(55(7,8)9)34-46(51(44)63-27-19-15-23-59)68-48-36-40(56(10,11)12)35-47(52(48)64-28-20-16-24-60)67-45-33-38(54(4,5)6)31-43(65-41)50(45)62-26-18-14-22-58/h29-36H,13-28H2,1-12H3. The van der Waals surface area contributed by atoms with Crippen molar-refractivity contribution in [3.05, 3.63) is 70.8 Å². The Labute approximate surface area is 462 Å². The van der Waals surface area contributed by atoms with Gasteiger partial charge < -0.3 is 18.9 Å². The maximum atomic E-state index is 7.09. The lowest BCUT2D eigenvalue weighted by Gasteiger charge is -2.28. The third kappa shape index (κ3) is 16.7. The van der Waals surface area contributed by atoms with E-state index in [1.807, 2.05) is 0 Å². The van der Waals surface area contributed by atoms with E-state index in [1.54, 1.807) is 47.0 Å². The minimum Gasteiger partial charge on any atom is -0.491 e. The summed E-state index contributed by atoms with van der Waals surface area (Å²) >= 11 is 21.8. The highest BCUT2D eigenvalue weighted by Crippen LogP contribution is 2.56. The number of ether oxygens (including phenoxy) is 4. The zero-order valence-corrected chi connectivity index (χ0v) is 52.3. The number of rotatable bonds is 20. The molecule has 4 nitrogen and oxygen atoms in total. The molecular formula is C56H76Br4O4S4. The number of alkyl halides is 4. The third-order valence-corrected chi connectivity index (χ3v) is 18.0. The smallest absolute Gasteiger partial charge is 0.147 e. The Balaban J connectivity index is 1.99. The molecule has 4 aromatic carbocycles. The summed E-state index contributed by atoms with van der Waals surface area (Å²) in [7, 11) is 0. The van der Waals surface area contributed by atoms with Crippen LogP contribution >= 0.6 is 111 Å². The van der Waals surface area contributed by atoms with Crippen molar-refractivity contribution < 1.29 is 18.9 Å². The number of halogens is 4. The second kappa shape index (κ2) is 26.6. The molecule has 0 aliphatic carbocycles. The van der Waals surface area contributed by atoms with Gasteiger partial charge in [0.2, 0.25) is 0 Å². The van der Waals surface area contributed by atoms with Gasteiger partial charge in [0.05, 0.1) is 65.6 Å². The molecule has 0 unspecified atom stereocenters. The van der Waals surface area contributed by atoms with Crippen molar-refractivity contribution in [1.82, 2.24) is 0 Å². The number of fused-ring (bicyclic) bond motifs is 8. The predicted octanol–water partition coefficient (Wildman–Crippen LogP) is 20.0. The highest BCUT2D eigenvalue weighted by Gasteiger charge is 2.30. The third-order valence-electron chi connectivity index (χ3n) is 11.5. The predicted molar refractivity (Wildman–Crippen MR) is 311 cm³/mol. The van der Waals surface area contributed by atoms with Crippen molar-refractivity contribution in [3.8, 4) is 23.0 Å². The van der Waals surface area contributed by atoms with Crippen LogP contribution in [0.15, 0.2) is 87.7 Å². The molecule has 4 aromatic rings. The quantitative estimate of drug-likeness (QED) is 0.0564. The first kappa shape index (κ1) is 58.3. The molecule has 0 spiro atoms. The topological polar surface area (TPSA) is 36.9 Å². The van der Waals surface area contributed by atoms with Crippen LogP contribution < -0.4 is 18.9 Å². The van der Waals surface area contributed by atoms with Gasteiger partial charge in [0.1, 0.15) is 23.0 Å². The molecule has 68 heavy (non-hydrogen) atoms. The van der Waals surface area contributed by atoms with E-state index in [9.17, 15) is 0 Å². The van der Waals surface area contributed by atoms with Gasteiger partial charge in [-0.2, -0.15) is 0 Å². The zero-order chi connectivity index (χ0) is 49.9. The van der Waals surface area contributed by atoms with Crippen LogP contribution in [0.4, 0.5) is 0 Å². The summed E-state index contributed by atoms with van der Waals surface area (Å²) in [6.07, 6.45) is 7.91. The van der Waals surface area contributed by atoms with Gasteiger partial charge in [-0.25, -0.2) is 0 Å². The van der Waals surface area contributed by atoms with E-state index in [0.29, 0.717) is 26.4 Å². The molecule has 12 heteroatoms. The van der Waals surface area contributed by atoms with Crippen molar-refractivity contribution in [2.75, 3.05) is 47.7 Å². The summed E-state index contributed by atoms with van der Waals surface area (Å²) in [4.78, 5) is 8.72. The molecule has 0 N–H and O–H groups in total. The van der Waals surface area contributed by atoms with Gasteiger partial charge in [-0.05, 0) is 144 Å². The molecule has 0 saturated heterocycles. The van der Waals surface area contributed by atoms with E-state index in [1.165, 1.54) is 22.3 Å². The highest BCUT2D eigenvalue weighted by atomic mass is 79.9. The van der Waals surface area contributed by atoms with Gasteiger partial charge in [0.25, 0.3) is 0 Å². The molecule has 1 aliphatic rings. The zero-order valence-electron chi connectivity index (χ0n) is 42.7. The van der Waals surface area contributed by atoms with Gasteiger partial charge in [-0.15, -0.1) is 0 Å². The summed E-state index contributed by atoms with van der Waals surface area (Å²) in [5.41, 5.74) is 4.48. The van der Waals surface area contributed by atoms with Gasteiger partial charge in [-0.1, -0.05) is 194 Å². The Morgan fingerprint density at radius 2 is 0.456 bits per heavy atom. The van der Waals surface area contributed by atoms with Gasteiger partial charge in [0, 0.05) is 21.3 Å². The minimum absolute atomic E-state index is 0.134. The molecule has 1 heterocycles. The Kier molecular flexibility index (Phi) is 22.8. The first-order chi connectivity index (χ1) is 32.1. The Morgan fingerprint density at radius 3 is 0.588 bits per heavy atom. The molecule has 0 amide bonds. The van der Waals surface area contributed by atoms with E-state index in [0.717, 1.165) is 135 Å². The van der Waals surface area contributed by atoms with Crippen LogP contribution in [0.5, 0.6) is 23.0 Å². The lowest BCUT2D eigenvalue weighted by atomic mass is 9.87. The molecular weight excluding hydrogens is 1180 g/mol. The summed E-state index contributed by atoms with van der Waals surface area (Å²) in [5.74, 6) is 3.65. The number of hydrogen-bond donors (Lipinski definition) is 0. The average Bonchev–Trinajstić information content (AvgIpc) is 3.24. The van der Waals surface area contributed by atoms with Crippen LogP contribution in [0.25, 0.3) is 0 Å². The fourth-order valence-electron chi connectivity index (χ4n) is 7.17. The average molecular weight is 1260 g/mol. The van der Waals surface area contributed by atoms with Crippen molar-refractivity contribution >= 4 is 111 Å². The minimum atomic E-state index is -0.134. The van der Waals surface area contributed by atoms with E-state index in [4.69, 9.17) is 18.9 Å². The molecule has 0 saturated carbocycles. The number of benzene rings is 4. The molecule has 0 radical (unpaired) electrons. The molecule has 0 aromatic heterocycles. The van der Waals surface area contributed by atoms with E-state index >= 15 is 0 Å². The van der Waals surface area contributed by atoms with Crippen LogP contribution in [-0.4, -0.2) is 47.7 Å². The molecule has 5 rings (SSSR count). The van der Waals surface area contributed by atoms with E-state index in [2.05, 4.69) is 195 Å². The summed E-state index contributed by atoms with van der Waals surface area (Å²) in [6, 6.07) is 19.0. The van der Waals surface area contributed by atoms with Gasteiger partial charge in [0.15, 0.2) is 0 Å². The second-order valence-electron chi connectivity index (χ2n) is 21.6. The SMILES string of the molecule is CC(C)(C)c1cc2c(OCCCCBr)c(c1)Sc1cc(C(C)(C)C)cc(c1OCCCCBr)Sc1cc(C(C)(C)C)cc(c1OCCCCBr)Sc1cc(C(C)(C)C)cc(c1OCCCCBr)S2. The highest BCUT2D eigenvalue weighted by molar-refractivity contribution is 9.09. The van der Waals surface area contributed by atoms with Crippen molar-refractivity contribution in [2.45, 2.75) is 195 Å². The van der Waals surface area contributed by atoms with Crippen LogP contribution in [0.1, 0.15) is 157 Å². The Morgan fingerprint density at radius 1 is 0.294 bits per heavy atom. The van der Waals surface area contributed by atoms with E-state index in [-0.39, 0.29) is 21.7 Å². The monoisotopic (exact) mass is 1260 g/mol. The van der Waals surface area contributed by atoms with Crippen LogP contribution in [-0.2, 0) is 21.7 Å². The molecule has 8 bridgehead atoms. The fourth-order valence-corrected chi connectivity index (χ4v) is 13.5. The maximum absolute atomic E-state index is 7.09. The normalized spacial score (nSPS) is 13.4. The first-order valence-corrected chi connectivity index (χ1v) is 32.0. The molecule has 376 valence electrons. The first-order valence-electron chi connectivity index (χ1n) is 24.3. The lowest BCUT2D eigenvalue weighted by molar-refractivity contribution is 0.292. The summed E-state index contributed by atoms with van der Waals surface area (Å²) in [6.45, 7) is 30.2. The maximum Gasteiger partial charge on any atom is 0.147 e. The second-order valence-corrected chi connectivity index (χ2v) is 29.1. The number of hydrogen-bond acceptors (Lipinski definition) is 8. The molecule has 0 atom stereocenters. The molecule has 1 aliphatic heterocycles. The van der Waals surface area contributed by atoms with Crippen molar-refractivity contribution in [2.24, 2.45) is 0 Å². The Bertz CT molecular complexity index is 1860. The van der Waals surface area contributed by atoms with Gasteiger partial charge >= 0.3 is 0 Å². The van der Waals surface area contributed by atoms with Crippen LogP contribution in [0, 0.1) is 0 Å². The van der Waals surface area contributed by atoms with Gasteiger partial charge in [-0.3, -0.25) is 0 Å². The largest absolute Gasteiger partial charge is 0.491 e. The Hall–Kier alpha value is -0.600.